The predicted molar refractivity (Wildman–Crippen MR) is 65.5 cm³/mol. The molecule has 0 bridgehead atoms. The second-order valence-corrected chi connectivity index (χ2v) is 3.75. The zero-order valence-electron chi connectivity index (χ0n) is 9.19. The van der Waals surface area contributed by atoms with E-state index in [0.29, 0.717) is 0 Å². The quantitative estimate of drug-likeness (QED) is 0.725. The van der Waals surface area contributed by atoms with Gasteiger partial charge >= 0.3 is 0 Å². The van der Waals surface area contributed by atoms with Gasteiger partial charge in [0.05, 0.1) is 6.10 Å². The van der Waals surface area contributed by atoms with Crippen LogP contribution in [0.2, 0.25) is 0 Å². The smallest absolute Gasteiger partial charge is 0.0747 e. The summed E-state index contributed by atoms with van der Waals surface area (Å²) in [6, 6.07) is 10.2. The number of hydrogen-bond acceptors (Lipinski definition) is 1. The summed E-state index contributed by atoms with van der Waals surface area (Å²) in [6.07, 6.45) is 5.42. The minimum atomic E-state index is -0.370. The van der Waals surface area contributed by atoms with Crippen LogP contribution in [0.1, 0.15) is 25.3 Å². The normalized spacial score (nSPS) is 12.9. The second-order valence-electron chi connectivity index (χ2n) is 3.75. The molecule has 1 heteroatoms. The first-order valence-electron chi connectivity index (χ1n) is 5.25. The van der Waals surface area contributed by atoms with E-state index in [4.69, 9.17) is 0 Å². The van der Waals surface area contributed by atoms with Crippen molar-refractivity contribution in [2.75, 3.05) is 0 Å². The van der Waals surface area contributed by atoms with E-state index in [9.17, 15) is 5.11 Å². The molecule has 0 aliphatic rings. The van der Waals surface area contributed by atoms with Crippen molar-refractivity contribution < 1.29 is 5.11 Å². The van der Waals surface area contributed by atoms with Crippen molar-refractivity contribution in [3.63, 3.8) is 0 Å². The highest BCUT2D eigenvalue weighted by molar-refractivity contribution is 5.48. The third kappa shape index (κ3) is 4.61. The molecule has 0 fully saturated rings. The molecule has 0 heterocycles. The average Bonchev–Trinajstić information content (AvgIpc) is 2.25. The molecule has 0 saturated heterocycles. The van der Waals surface area contributed by atoms with Crippen LogP contribution < -0.4 is 0 Å². The Balaban J connectivity index is 2.32. The minimum absolute atomic E-state index is 0.370. The number of aliphatic hydroxyl groups is 1. The fourth-order valence-electron chi connectivity index (χ4n) is 1.28. The molecule has 1 unspecified atom stereocenters. The Morgan fingerprint density at radius 1 is 1.40 bits per heavy atom. The van der Waals surface area contributed by atoms with Gasteiger partial charge in [-0.3, -0.25) is 0 Å². The fraction of sp³-hybridized carbons (Fsp3) is 0.286. The van der Waals surface area contributed by atoms with Crippen LogP contribution in [-0.4, -0.2) is 11.2 Å². The summed E-state index contributed by atoms with van der Waals surface area (Å²) in [6.45, 7) is 5.57. The van der Waals surface area contributed by atoms with E-state index < -0.39 is 0 Å². The van der Waals surface area contributed by atoms with Gasteiger partial charge in [0, 0.05) is 0 Å². The van der Waals surface area contributed by atoms with Crippen molar-refractivity contribution in [1.29, 1.82) is 0 Å². The van der Waals surface area contributed by atoms with Crippen LogP contribution in [0.15, 0.2) is 48.6 Å². The van der Waals surface area contributed by atoms with Crippen LogP contribution in [0.3, 0.4) is 0 Å². The second kappa shape index (κ2) is 6.20. The third-order valence-electron chi connectivity index (χ3n) is 2.29. The van der Waals surface area contributed by atoms with Crippen LogP contribution in [0.4, 0.5) is 0 Å². The van der Waals surface area contributed by atoms with Crippen molar-refractivity contribution in [1.82, 2.24) is 0 Å². The van der Waals surface area contributed by atoms with Gasteiger partial charge in [-0.25, -0.2) is 0 Å². The Bertz CT molecular complexity index is 324. The SMILES string of the molecule is C=C(C)C(O)CCC=Cc1ccccc1. The van der Waals surface area contributed by atoms with Crippen LogP contribution in [0.5, 0.6) is 0 Å². The van der Waals surface area contributed by atoms with Gasteiger partial charge < -0.3 is 5.11 Å². The van der Waals surface area contributed by atoms with E-state index in [-0.39, 0.29) is 6.10 Å². The largest absolute Gasteiger partial charge is 0.389 e. The van der Waals surface area contributed by atoms with E-state index in [0.717, 1.165) is 18.4 Å². The van der Waals surface area contributed by atoms with Crippen molar-refractivity contribution in [2.45, 2.75) is 25.9 Å². The third-order valence-corrected chi connectivity index (χ3v) is 2.29. The number of benzene rings is 1. The molecule has 15 heavy (non-hydrogen) atoms. The monoisotopic (exact) mass is 202 g/mol. The highest BCUT2D eigenvalue weighted by atomic mass is 16.3. The highest BCUT2D eigenvalue weighted by Crippen LogP contribution is 2.08. The van der Waals surface area contributed by atoms with Crippen LogP contribution in [-0.2, 0) is 0 Å². The Morgan fingerprint density at radius 2 is 2.07 bits per heavy atom. The molecule has 0 saturated carbocycles. The molecule has 1 N–H and O–H groups in total. The maximum absolute atomic E-state index is 9.49. The zero-order valence-corrected chi connectivity index (χ0v) is 9.19. The minimum Gasteiger partial charge on any atom is -0.389 e. The lowest BCUT2D eigenvalue weighted by molar-refractivity contribution is 0.202. The summed E-state index contributed by atoms with van der Waals surface area (Å²) in [5.41, 5.74) is 2.03. The number of hydrogen-bond donors (Lipinski definition) is 1. The highest BCUT2D eigenvalue weighted by Gasteiger charge is 2.01. The van der Waals surface area contributed by atoms with E-state index in [2.05, 4.69) is 30.9 Å². The summed E-state index contributed by atoms with van der Waals surface area (Å²) >= 11 is 0. The summed E-state index contributed by atoms with van der Waals surface area (Å²) in [7, 11) is 0. The molecule has 0 aromatic heterocycles. The van der Waals surface area contributed by atoms with E-state index in [1.54, 1.807) is 0 Å². The van der Waals surface area contributed by atoms with Gasteiger partial charge in [0.15, 0.2) is 0 Å². The number of rotatable bonds is 5. The Kier molecular flexibility index (Phi) is 4.85. The van der Waals surface area contributed by atoms with Gasteiger partial charge in [-0.05, 0) is 25.3 Å². The molecule has 0 aliphatic carbocycles. The van der Waals surface area contributed by atoms with Crippen molar-refractivity contribution in [3.05, 3.63) is 54.1 Å². The van der Waals surface area contributed by atoms with Crippen LogP contribution in [0.25, 0.3) is 6.08 Å². The number of aliphatic hydroxyl groups excluding tert-OH is 1. The van der Waals surface area contributed by atoms with Crippen molar-refractivity contribution in [3.8, 4) is 0 Å². The van der Waals surface area contributed by atoms with Crippen LogP contribution in [0, 0.1) is 0 Å². The lowest BCUT2D eigenvalue weighted by Crippen LogP contribution is -2.05. The van der Waals surface area contributed by atoms with Gasteiger partial charge in [0.2, 0.25) is 0 Å². The molecule has 80 valence electrons. The molecule has 1 nitrogen and oxygen atoms in total. The van der Waals surface area contributed by atoms with Gasteiger partial charge in [0.1, 0.15) is 0 Å². The molecule has 1 rings (SSSR count). The van der Waals surface area contributed by atoms with Crippen molar-refractivity contribution >= 4 is 6.08 Å². The topological polar surface area (TPSA) is 20.2 Å². The molecule has 0 aliphatic heterocycles. The first-order valence-corrected chi connectivity index (χ1v) is 5.25. The summed E-state index contributed by atoms with van der Waals surface area (Å²) < 4.78 is 0. The standard InChI is InChI=1S/C14H18O/c1-12(2)14(15)11-7-6-10-13-8-4-3-5-9-13/h3-6,8-10,14-15H,1,7,11H2,2H3. The summed E-state index contributed by atoms with van der Waals surface area (Å²) in [5.74, 6) is 0. The zero-order chi connectivity index (χ0) is 11.1. The maximum atomic E-state index is 9.49. The molecule has 0 amide bonds. The fourth-order valence-corrected chi connectivity index (χ4v) is 1.28. The molecule has 0 radical (unpaired) electrons. The average molecular weight is 202 g/mol. The van der Waals surface area contributed by atoms with E-state index >= 15 is 0 Å². The molecular formula is C14H18O. The number of allylic oxidation sites excluding steroid dienone is 1. The Labute approximate surface area is 91.8 Å². The summed E-state index contributed by atoms with van der Waals surface area (Å²) in [5, 5.41) is 9.49. The Morgan fingerprint density at radius 3 is 2.67 bits per heavy atom. The van der Waals surface area contributed by atoms with E-state index in [1.807, 2.05) is 25.1 Å². The van der Waals surface area contributed by atoms with Gasteiger partial charge in [-0.1, -0.05) is 54.6 Å². The first kappa shape index (κ1) is 11.7. The maximum Gasteiger partial charge on any atom is 0.0747 e. The lowest BCUT2D eigenvalue weighted by atomic mass is 10.1. The van der Waals surface area contributed by atoms with Crippen LogP contribution >= 0.6 is 0 Å². The van der Waals surface area contributed by atoms with Crippen molar-refractivity contribution in [2.24, 2.45) is 0 Å². The molecule has 1 aromatic carbocycles. The predicted octanol–water partition coefficient (Wildman–Crippen LogP) is 3.42. The van der Waals surface area contributed by atoms with E-state index in [1.165, 1.54) is 5.56 Å². The molecule has 1 atom stereocenters. The Hall–Kier alpha value is -1.34. The first-order chi connectivity index (χ1) is 7.20. The van der Waals surface area contributed by atoms with Gasteiger partial charge in [-0.2, -0.15) is 0 Å². The molecule has 0 spiro atoms. The van der Waals surface area contributed by atoms with Gasteiger partial charge in [0.25, 0.3) is 0 Å². The molecular weight excluding hydrogens is 184 g/mol. The van der Waals surface area contributed by atoms with Gasteiger partial charge in [-0.15, -0.1) is 0 Å². The summed E-state index contributed by atoms with van der Waals surface area (Å²) in [4.78, 5) is 0. The lowest BCUT2D eigenvalue weighted by Gasteiger charge is -2.06. The molecule has 1 aromatic rings.